The molecule has 0 aliphatic rings. The number of halogens is 2. The molecule has 0 saturated heterocycles. The molecule has 0 radical (unpaired) electrons. The number of carbonyl (C=O) groups is 2. The van der Waals surface area contributed by atoms with Gasteiger partial charge < -0.3 is 10.2 Å². The monoisotopic (exact) mass is 392 g/mol. The predicted molar refractivity (Wildman–Crippen MR) is 105 cm³/mol. The fraction of sp³-hybridized carbons (Fsp3) is 0.300. The van der Waals surface area contributed by atoms with Crippen molar-refractivity contribution in [2.75, 3.05) is 6.54 Å². The number of rotatable bonds is 7. The van der Waals surface area contributed by atoms with Crippen LogP contribution in [-0.2, 0) is 22.6 Å². The summed E-state index contributed by atoms with van der Waals surface area (Å²) in [6.45, 7) is 4.35. The minimum atomic E-state index is -0.606. The standard InChI is InChI=1S/C20H22Cl2N2O2/c1-3-23-20(26)14(2)24(13-16-6-4-5-7-18(16)22)19(25)12-15-8-10-17(21)11-9-15/h4-11,14H,3,12-13H2,1-2H3,(H,23,26)/t14-/m0/s1. The molecule has 0 spiro atoms. The summed E-state index contributed by atoms with van der Waals surface area (Å²) >= 11 is 12.1. The van der Waals surface area contributed by atoms with Gasteiger partial charge in [0, 0.05) is 23.1 Å². The number of nitrogens with zero attached hydrogens (tertiary/aromatic N) is 1. The number of benzene rings is 2. The van der Waals surface area contributed by atoms with Crippen LogP contribution in [-0.4, -0.2) is 29.3 Å². The van der Waals surface area contributed by atoms with E-state index in [0.717, 1.165) is 11.1 Å². The molecule has 0 bridgehead atoms. The Bertz CT molecular complexity index is 763. The molecule has 1 atom stereocenters. The number of hydrogen-bond donors (Lipinski definition) is 1. The molecule has 0 heterocycles. The molecular weight excluding hydrogens is 371 g/mol. The van der Waals surface area contributed by atoms with Crippen LogP contribution in [0.4, 0.5) is 0 Å². The summed E-state index contributed by atoms with van der Waals surface area (Å²) in [7, 11) is 0. The van der Waals surface area contributed by atoms with E-state index in [1.54, 1.807) is 30.0 Å². The van der Waals surface area contributed by atoms with E-state index in [9.17, 15) is 9.59 Å². The Hall–Kier alpha value is -2.04. The summed E-state index contributed by atoms with van der Waals surface area (Å²) in [5.74, 6) is -0.338. The zero-order valence-corrected chi connectivity index (χ0v) is 16.3. The summed E-state index contributed by atoms with van der Waals surface area (Å²) in [5, 5.41) is 3.95. The zero-order valence-electron chi connectivity index (χ0n) is 14.8. The molecule has 2 aromatic rings. The molecule has 0 aliphatic heterocycles. The molecule has 0 unspecified atom stereocenters. The third-order valence-corrected chi connectivity index (χ3v) is 4.71. The number of hydrogen-bond acceptors (Lipinski definition) is 2. The summed E-state index contributed by atoms with van der Waals surface area (Å²) < 4.78 is 0. The first kappa shape index (κ1) is 20.3. The Labute approximate surface area is 164 Å². The summed E-state index contributed by atoms with van der Waals surface area (Å²) in [6, 6.07) is 13.8. The number of carbonyl (C=O) groups excluding carboxylic acids is 2. The third kappa shape index (κ3) is 5.48. The van der Waals surface area contributed by atoms with Gasteiger partial charge in [0.25, 0.3) is 0 Å². The lowest BCUT2D eigenvalue weighted by Gasteiger charge is -2.29. The largest absolute Gasteiger partial charge is 0.355 e. The number of amides is 2. The molecule has 4 nitrogen and oxygen atoms in total. The Morgan fingerprint density at radius 1 is 1.08 bits per heavy atom. The van der Waals surface area contributed by atoms with Crippen molar-refractivity contribution in [1.82, 2.24) is 10.2 Å². The van der Waals surface area contributed by atoms with Crippen LogP contribution < -0.4 is 5.32 Å². The lowest BCUT2D eigenvalue weighted by Crippen LogP contribution is -2.48. The van der Waals surface area contributed by atoms with Crippen molar-refractivity contribution in [2.45, 2.75) is 32.9 Å². The van der Waals surface area contributed by atoms with E-state index < -0.39 is 6.04 Å². The van der Waals surface area contributed by atoms with Gasteiger partial charge in [-0.25, -0.2) is 0 Å². The highest BCUT2D eigenvalue weighted by Crippen LogP contribution is 2.20. The van der Waals surface area contributed by atoms with Crippen LogP contribution >= 0.6 is 23.2 Å². The summed E-state index contributed by atoms with van der Waals surface area (Å²) in [5.41, 5.74) is 1.64. The molecule has 0 fully saturated rings. The van der Waals surface area contributed by atoms with Crippen molar-refractivity contribution < 1.29 is 9.59 Å². The molecule has 6 heteroatoms. The van der Waals surface area contributed by atoms with E-state index in [-0.39, 0.29) is 24.8 Å². The Balaban J connectivity index is 2.23. The van der Waals surface area contributed by atoms with Gasteiger partial charge in [0.2, 0.25) is 11.8 Å². The topological polar surface area (TPSA) is 49.4 Å². The van der Waals surface area contributed by atoms with Gasteiger partial charge in [-0.15, -0.1) is 0 Å². The minimum Gasteiger partial charge on any atom is -0.355 e. The lowest BCUT2D eigenvalue weighted by atomic mass is 10.1. The average molecular weight is 393 g/mol. The Kier molecular flexibility index (Phi) is 7.49. The van der Waals surface area contributed by atoms with E-state index in [1.807, 2.05) is 37.3 Å². The van der Waals surface area contributed by atoms with Gasteiger partial charge in [0.1, 0.15) is 6.04 Å². The highest BCUT2D eigenvalue weighted by Gasteiger charge is 2.26. The zero-order chi connectivity index (χ0) is 19.1. The lowest BCUT2D eigenvalue weighted by molar-refractivity contribution is -0.140. The maximum atomic E-state index is 12.9. The van der Waals surface area contributed by atoms with Crippen LogP contribution in [0.1, 0.15) is 25.0 Å². The number of nitrogens with one attached hydrogen (secondary N) is 1. The molecule has 138 valence electrons. The van der Waals surface area contributed by atoms with Crippen LogP contribution in [0, 0.1) is 0 Å². The first-order valence-electron chi connectivity index (χ1n) is 8.47. The van der Waals surface area contributed by atoms with Crippen LogP contribution in [0.5, 0.6) is 0 Å². The molecule has 0 aliphatic carbocycles. The Morgan fingerprint density at radius 3 is 2.35 bits per heavy atom. The molecule has 0 saturated carbocycles. The third-order valence-electron chi connectivity index (χ3n) is 4.09. The van der Waals surface area contributed by atoms with E-state index in [4.69, 9.17) is 23.2 Å². The highest BCUT2D eigenvalue weighted by molar-refractivity contribution is 6.31. The summed E-state index contributed by atoms with van der Waals surface area (Å²) in [6.07, 6.45) is 0.186. The van der Waals surface area contributed by atoms with Gasteiger partial charge >= 0.3 is 0 Å². The van der Waals surface area contributed by atoms with Crippen LogP contribution in [0.2, 0.25) is 10.0 Å². The van der Waals surface area contributed by atoms with Crippen molar-refractivity contribution in [1.29, 1.82) is 0 Å². The molecule has 26 heavy (non-hydrogen) atoms. The van der Waals surface area contributed by atoms with Crippen molar-refractivity contribution in [3.63, 3.8) is 0 Å². The van der Waals surface area contributed by atoms with Gasteiger partial charge in [-0.3, -0.25) is 9.59 Å². The first-order valence-corrected chi connectivity index (χ1v) is 9.23. The van der Waals surface area contributed by atoms with E-state index in [0.29, 0.717) is 16.6 Å². The first-order chi connectivity index (χ1) is 12.4. The minimum absolute atomic E-state index is 0.147. The molecule has 1 N–H and O–H groups in total. The van der Waals surface area contributed by atoms with Gasteiger partial charge in [-0.1, -0.05) is 53.5 Å². The quantitative estimate of drug-likeness (QED) is 0.771. The van der Waals surface area contributed by atoms with Gasteiger partial charge in [-0.2, -0.15) is 0 Å². The molecule has 0 aromatic heterocycles. The van der Waals surface area contributed by atoms with Crippen LogP contribution in [0.3, 0.4) is 0 Å². The maximum Gasteiger partial charge on any atom is 0.242 e. The second-order valence-corrected chi connectivity index (χ2v) is 6.83. The fourth-order valence-electron chi connectivity index (χ4n) is 2.59. The van der Waals surface area contributed by atoms with Gasteiger partial charge in [0.05, 0.1) is 6.42 Å². The smallest absolute Gasteiger partial charge is 0.242 e. The van der Waals surface area contributed by atoms with Crippen molar-refractivity contribution in [3.05, 3.63) is 69.7 Å². The second-order valence-electron chi connectivity index (χ2n) is 5.99. The van der Waals surface area contributed by atoms with Crippen molar-refractivity contribution in [3.8, 4) is 0 Å². The molecular formula is C20H22Cl2N2O2. The SMILES string of the molecule is CCNC(=O)[C@H](C)N(Cc1ccccc1Cl)C(=O)Cc1ccc(Cl)cc1. The summed E-state index contributed by atoms with van der Waals surface area (Å²) in [4.78, 5) is 26.8. The maximum absolute atomic E-state index is 12.9. The van der Waals surface area contributed by atoms with E-state index in [1.165, 1.54) is 0 Å². The van der Waals surface area contributed by atoms with Crippen molar-refractivity contribution >= 4 is 35.0 Å². The molecule has 2 amide bonds. The van der Waals surface area contributed by atoms with E-state index in [2.05, 4.69) is 5.32 Å². The normalized spacial score (nSPS) is 11.7. The second kappa shape index (κ2) is 9.60. The molecule has 2 aromatic carbocycles. The average Bonchev–Trinajstić information content (AvgIpc) is 2.62. The van der Waals surface area contributed by atoms with Crippen LogP contribution in [0.25, 0.3) is 0 Å². The van der Waals surface area contributed by atoms with Crippen molar-refractivity contribution in [2.24, 2.45) is 0 Å². The Morgan fingerprint density at radius 2 is 1.73 bits per heavy atom. The fourth-order valence-corrected chi connectivity index (χ4v) is 2.91. The van der Waals surface area contributed by atoms with Gasteiger partial charge in [-0.05, 0) is 43.2 Å². The predicted octanol–water partition coefficient (Wildman–Crippen LogP) is 4.09. The van der Waals surface area contributed by atoms with Crippen LogP contribution in [0.15, 0.2) is 48.5 Å². The number of likely N-dealkylation sites (N-methyl/N-ethyl adjacent to an activating group) is 1. The molecule has 2 rings (SSSR count). The van der Waals surface area contributed by atoms with E-state index >= 15 is 0 Å². The highest BCUT2D eigenvalue weighted by atomic mass is 35.5. The van der Waals surface area contributed by atoms with Gasteiger partial charge in [0.15, 0.2) is 0 Å².